The number of amides is 1. The standard InChI is InChI=1S/C21H21N3OS/c25-21(23-19-7-4-18-15-22-11-10-17(18)14-19)16-5-8-20(9-6-16)24-12-2-1-3-13-26-24/h4-11,14-15H,1-3,12-13H2,(H,23,25). The molecule has 4 nitrogen and oxygen atoms in total. The zero-order valence-corrected chi connectivity index (χ0v) is 15.3. The molecule has 1 aliphatic rings. The summed E-state index contributed by atoms with van der Waals surface area (Å²) in [5, 5.41) is 5.10. The lowest BCUT2D eigenvalue weighted by Crippen LogP contribution is -2.15. The zero-order chi connectivity index (χ0) is 17.8. The fraction of sp³-hybridized carbons (Fsp3) is 0.238. The van der Waals surface area contributed by atoms with Crippen molar-refractivity contribution in [3.05, 3.63) is 66.5 Å². The number of benzene rings is 2. The summed E-state index contributed by atoms with van der Waals surface area (Å²) in [5.41, 5.74) is 2.64. The largest absolute Gasteiger partial charge is 0.322 e. The Labute approximate surface area is 157 Å². The van der Waals surface area contributed by atoms with E-state index in [1.54, 1.807) is 6.20 Å². The second-order valence-electron chi connectivity index (χ2n) is 6.43. The van der Waals surface area contributed by atoms with Gasteiger partial charge in [0.15, 0.2) is 0 Å². The monoisotopic (exact) mass is 363 g/mol. The normalized spacial score (nSPS) is 14.8. The van der Waals surface area contributed by atoms with E-state index in [4.69, 9.17) is 0 Å². The molecule has 0 aliphatic carbocycles. The van der Waals surface area contributed by atoms with E-state index in [1.165, 1.54) is 30.7 Å². The van der Waals surface area contributed by atoms with Crippen molar-refractivity contribution in [3.63, 3.8) is 0 Å². The van der Waals surface area contributed by atoms with Crippen molar-refractivity contribution in [3.8, 4) is 0 Å². The van der Waals surface area contributed by atoms with Crippen molar-refractivity contribution in [2.24, 2.45) is 0 Å². The molecule has 1 amide bonds. The molecular weight excluding hydrogens is 342 g/mol. The first-order chi connectivity index (χ1) is 12.8. The first-order valence-electron chi connectivity index (χ1n) is 8.95. The van der Waals surface area contributed by atoms with Gasteiger partial charge in [-0.05, 0) is 72.6 Å². The molecule has 3 aromatic rings. The minimum Gasteiger partial charge on any atom is -0.322 e. The third-order valence-corrected chi connectivity index (χ3v) is 5.74. The van der Waals surface area contributed by atoms with Crippen molar-refractivity contribution >= 4 is 40.0 Å². The van der Waals surface area contributed by atoms with Crippen molar-refractivity contribution in [2.45, 2.75) is 19.3 Å². The number of fused-ring (bicyclic) bond motifs is 1. The number of aromatic nitrogens is 1. The van der Waals surface area contributed by atoms with Gasteiger partial charge in [0.05, 0.1) is 0 Å². The van der Waals surface area contributed by atoms with Crippen LogP contribution in [0.25, 0.3) is 10.8 Å². The van der Waals surface area contributed by atoms with Crippen LogP contribution in [-0.2, 0) is 0 Å². The lowest BCUT2D eigenvalue weighted by molar-refractivity contribution is 0.102. The van der Waals surface area contributed by atoms with Crippen molar-refractivity contribution < 1.29 is 4.79 Å². The number of anilines is 2. The predicted molar refractivity (Wildman–Crippen MR) is 110 cm³/mol. The van der Waals surface area contributed by atoms with Gasteiger partial charge in [0.2, 0.25) is 0 Å². The summed E-state index contributed by atoms with van der Waals surface area (Å²) < 4.78 is 2.34. The molecule has 1 saturated heterocycles. The Balaban J connectivity index is 1.47. The number of rotatable bonds is 3. The predicted octanol–water partition coefficient (Wildman–Crippen LogP) is 5.13. The van der Waals surface area contributed by atoms with Crippen molar-refractivity contribution in [1.82, 2.24) is 4.98 Å². The number of pyridine rings is 1. The number of carbonyl (C=O) groups excluding carboxylic acids is 1. The van der Waals surface area contributed by atoms with Gasteiger partial charge in [0.25, 0.3) is 5.91 Å². The van der Waals surface area contributed by atoms with Crippen LogP contribution in [-0.4, -0.2) is 23.2 Å². The molecule has 0 unspecified atom stereocenters. The summed E-state index contributed by atoms with van der Waals surface area (Å²) in [4.78, 5) is 16.7. The Morgan fingerprint density at radius 3 is 2.77 bits per heavy atom. The van der Waals surface area contributed by atoms with E-state index in [-0.39, 0.29) is 5.91 Å². The van der Waals surface area contributed by atoms with Crippen LogP contribution in [0.3, 0.4) is 0 Å². The highest BCUT2D eigenvalue weighted by Gasteiger charge is 2.12. The average molecular weight is 363 g/mol. The molecule has 2 heterocycles. The summed E-state index contributed by atoms with van der Waals surface area (Å²) in [6, 6.07) is 15.7. The van der Waals surface area contributed by atoms with Gasteiger partial charge >= 0.3 is 0 Å². The Morgan fingerprint density at radius 2 is 1.88 bits per heavy atom. The van der Waals surface area contributed by atoms with E-state index < -0.39 is 0 Å². The summed E-state index contributed by atoms with van der Waals surface area (Å²) >= 11 is 1.88. The highest BCUT2D eigenvalue weighted by atomic mass is 32.2. The molecule has 0 atom stereocenters. The maximum atomic E-state index is 12.6. The molecule has 0 bridgehead atoms. The van der Waals surface area contributed by atoms with Gasteiger partial charge in [-0.3, -0.25) is 9.78 Å². The zero-order valence-electron chi connectivity index (χ0n) is 14.5. The Morgan fingerprint density at radius 1 is 1.00 bits per heavy atom. The van der Waals surface area contributed by atoms with Gasteiger partial charge in [-0.2, -0.15) is 0 Å². The molecule has 1 fully saturated rings. The van der Waals surface area contributed by atoms with Crippen LogP contribution in [0.2, 0.25) is 0 Å². The number of hydrogen-bond donors (Lipinski definition) is 1. The van der Waals surface area contributed by atoms with Gasteiger partial charge in [0, 0.05) is 47.0 Å². The van der Waals surface area contributed by atoms with Gasteiger partial charge < -0.3 is 9.62 Å². The third kappa shape index (κ3) is 3.83. The third-order valence-electron chi connectivity index (χ3n) is 4.57. The number of hydrogen-bond acceptors (Lipinski definition) is 4. The summed E-state index contributed by atoms with van der Waals surface area (Å²) in [6.45, 7) is 1.07. The van der Waals surface area contributed by atoms with E-state index in [0.717, 1.165) is 23.0 Å². The van der Waals surface area contributed by atoms with Crippen LogP contribution in [0.15, 0.2) is 60.9 Å². The van der Waals surface area contributed by atoms with Crippen LogP contribution < -0.4 is 9.62 Å². The average Bonchev–Trinajstić information content (AvgIpc) is 2.97. The maximum absolute atomic E-state index is 12.6. The lowest BCUT2D eigenvalue weighted by Gasteiger charge is -2.21. The molecule has 2 aromatic carbocycles. The van der Waals surface area contributed by atoms with Gasteiger partial charge in [-0.25, -0.2) is 0 Å². The van der Waals surface area contributed by atoms with Crippen LogP contribution >= 0.6 is 11.9 Å². The van der Waals surface area contributed by atoms with E-state index in [0.29, 0.717) is 5.56 Å². The van der Waals surface area contributed by atoms with Crippen LogP contribution in [0.5, 0.6) is 0 Å². The molecule has 4 rings (SSSR count). The SMILES string of the molecule is O=C(Nc1ccc2cnccc2c1)c1ccc(N2CCCCCS2)cc1. The molecule has 132 valence electrons. The van der Waals surface area contributed by atoms with Gasteiger partial charge in [-0.1, -0.05) is 12.5 Å². The molecular formula is C21H21N3OS. The fourth-order valence-corrected chi connectivity index (χ4v) is 4.20. The Hall–Kier alpha value is -2.53. The summed E-state index contributed by atoms with van der Waals surface area (Å²) in [6.07, 6.45) is 7.38. The molecule has 1 N–H and O–H groups in total. The van der Waals surface area contributed by atoms with E-state index >= 15 is 0 Å². The first-order valence-corrected chi connectivity index (χ1v) is 9.89. The smallest absolute Gasteiger partial charge is 0.255 e. The molecule has 0 radical (unpaired) electrons. The summed E-state index contributed by atoms with van der Waals surface area (Å²) in [7, 11) is 0. The maximum Gasteiger partial charge on any atom is 0.255 e. The fourth-order valence-electron chi connectivity index (χ4n) is 3.12. The molecule has 1 aromatic heterocycles. The van der Waals surface area contributed by atoms with Crippen molar-refractivity contribution in [1.29, 1.82) is 0 Å². The van der Waals surface area contributed by atoms with E-state index in [2.05, 4.69) is 14.6 Å². The second-order valence-corrected chi connectivity index (χ2v) is 7.54. The topological polar surface area (TPSA) is 45.2 Å². The van der Waals surface area contributed by atoms with Crippen LogP contribution in [0.4, 0.5) is 11.4 Å². The van der Waals surface area contributed by atoms with Crippen LogP contribution in [0.1, 0.15) is 29.6 Å². The Bertz CT molecular complexity index is 903. The molecule has 0 saturated carbocycles. The molecule has 26 heavy (non-hydrogen) atoms. The highest BCUT2D eigenvalue weighted by Crippen LogP contribution is 2.27. The number of nitrogens with zero attached hydrogens (tertiary/aromatic N) is 2. The first kappa shape index (κ1) is 16.9. The van der Waals surface area contributed by atoms with E-state index in [1.807, 2.05) is 66.7 Å². The number of carbonyl (C=O) groups is 1. The van der Waals surface area contributed by atoms with E-state index in [9.17, 15) is 4.79 Å². The quantitative estimate of drug-likeness (QED) is 0.656. The van der Waals surface area contributed by atoms with Gasteiger partial charge in [-0.15, -0.1) is 0 Å². The minimum atomic E-state index is -0.0894. The number of nitrogens with one attached hydrogen (secondary N) is 1. The molecule has 0 spiro atoms. The van der Waals surface area contributed by atoms with Crippen molar-refractivity contribution in [2.75, 3.05) is 21.9 Å². The molecule has 1 aliphatic heterocycles. The Kier molecular flexibility index (Phi) is 5.07. The second kappa shape index (κ2) is 7.79. The molecule has 5 heteroatoms. The highest BCUT2D eigenvalue weighted by molar-refractivity contribution is 8.00. The van der Waals surface area contributed by atoms with Gasteiger partial charge in [0.1, 0.15) is 0 Å². The summed E-state index contributed by atoms with van der Waals surface area (Å²) in [5.74, 6) is 1.08. The van der Waals surface area contributed by atoms with Crippen LogP contribution in [0, 0.1) is 0 Å². The lowest BCUT2D eigenvalue weighted by atomic mass is 10.1. The minimum absolute atomic E-state index is 0.0894.